The van der Waals surface area contributed by atoms with Crippen LogP contribution in [-0.2, 0) is 9.53 Å². The second-order valence-electron chi connectivity index (χ2n) is 6.30. The van der Waals surface area contributed by atoms with Gasteiger partial charge in [0.15, 0.2) is 0 Å². The van der Waals surface area contributed by atoms with E-state index in [2.05, 4.69) is 4.98 Å². The third kappa shape index (κ3) is 4.31. The molecule has 0 aromatic carbocycles. The molecule has 124 valence electrons. The van der Waals surface area contributed by atoms with Gasteiger partial charge in [-0.1, -0.05) is 0 Å². The quantitative estimate of drug-likeness (QED) is 0.838. The third-order valence-corrected chi connectivity index (χ3v) is 3.32. The van der Waals surface area contributed by atoms with Crippen LogP contribution in [0.4, 0.5) is 4.79 Å². The van der Waals surface area contributed by atoms with Crippen LogP contribution in [0.1, 0.15) is 39.2 Å². The van der Waals surface area contributed by atoms with E-state index in [4.69, 9.17) is 9.47 Å². The first kappa shape index (κ1) is 17.0. The van der Waals surface area contributed by atoms with Gasteiger partial charge in [-0.15, -0.1) is 0 Å². The highest BCUT2D eigenvalue weighted by molar-refractivity contribution is 6.03. The Kier molecular flexibility index (Phi) is 5.03. The molecule has 0 bridgehead atoms. The van der Waals surface area contributed by atoms with E-state index >= 15 is 0 Å². The number of carbonyl (C=O) groups is 2. The topological polar surface area (TPSA) is 68.7 Å². The van der Waals surface area contributed by atoms with Gasteiger partial charge in [0.2, 0.25) is 5.88 Å². The first-order valence-electron chi connectivity index (χ1n) is 7.56. The average molecular weight is 318 g/mol. The summed E-state index contributed by atoms with van der Waals surface area (Å²) in [5.41, 5.74) is 0.948. The van der Waals surface area contributed by atoms with Gasteiger partial charge in [-0.05, 0) is 51.3 Å². The second kappa shape index (κ2) is 6.81. The summed E-state index contributed by atoms with van der Waals surface area (Å²) in [4.78, 5) is 29.9. The van der Waals surface area contributed by atoms with Crippen LogP contribution in [-0.4, -0.2) is 41.1 Å². The lowest BCUT2D eigenvalue weighted by Gasteiger charge is -2.24. The predicted octanol–water partition coefficient (Wildman–Crippen LogP) is 3.03. The van der Waals surface area contributed by atoms with Gasteiger partial charge < -0.3 is 9.47 Å². The number of carbonyl (C=O) groups excluding carboxylic acids is 2. The monoisotopic (exact) mass is 318 g/mol. The van der Waals surface area contributed by atoms with Crippen molar-refractivity contribution in [2.24, 2.45) is 0 Å². The molecule has 23 heavy (non-hydrogen) atoms. The van der Waals surface area contributed by atoms with Crippen molar-refractivity contribution in [3.05, 3.63) is 30.0 Å². The van der Waals surface area contributed by atoms with E-state index < -0.39 is 11.7 Å². The standard InChI is InChI=1S/C17H22N2O4/c1-17(2,3)23-16(21)19-10-6-7-12(11-14(19)20)13-8-5-9-18-15(13)22-4/h5,8-9,11H,6-7,10H2,1-4H3. The minimum Gasteiger partial charge on any atom is -0.481 e. The molecule has 0 radical (unpaired) electrons. The van der Waals surface area contributed by atoms with Crippen LogP contribution in [0.3, 0.4) is 0 Å². The predicted molar refractivity (Wildman–Crippen MR) is 85.9 cm³/mol. The molecule has 2 rings (SSSR count). The number of hydrogen-bond donors (Lipinski definition) is 0. The lowest BCUT2D eigenvalue weighted by atomic mass is 10.0. The highest BCUT2D eigenvalue weighted by Gasteiger charge is 2.28. The number of aromatic nitrogens is 1. The first-order chi connectivity index (χ1) is 10.8. The Morgan fingerprint density at radius 2 is 2.09 bits per heavy atom. The van der Waals surface area contributed by atoms with Crippen LogP contribution in [0.2, 0.25) is 0 Å². The molecular formula is C17H22N2O4. The summed E-state index contributed by atoms with van der Waals surface area (Å²) in [7, 11) is 1.54. The van der Waals surface area contributed by atoms with E-state index in [0.29, 0.717) is 25.3 Å². The van der Waals surface area contributed by atoms with E-state index in [1.807, 2.05) is 6.07 Å². The Morgan fingerprint density at radius 1 is 1.35 bits per heavy atom. The zero-order valence-electron chi connectivity index (χ0n) is 14.0. The van der Waals surface area contributed by atoms with Crippen molar-refractivity contribution < 1.29 is 19.1 Å². The Labute approximate surface area is 136 Å². The van der Waals surface area contributed by atoms with Crippen LogP contribution in [0.5, 0.6) is 5.88 Å². The molecule has 2 heterocycles. The number of imide groups is 1. The number of hydrogen-bond acceptors (Lipinski definition) is 5. The summed E-state index contributed by atoms with van der Waals surface area (Å²) in [5, 5.41) is 0. The summed E-state index contributed by atoms with van der Waals surface area (Å²) in [6, 6.07) is 3.65. The number of allylic oxidation sites excluding steroid dienone is 1. The van der Waals surface area contributed by atoms with Crippen LogP contribution < -0.4 is 4.74 Å². The van der Waals surface area contributed by atoms with Crippen molar-refractivity contribution in [3.8, 4) is 5.88 Å². The van der Waals surface area contributed by atoms with Gasteiger partial charge in [0.25, 0.3) is 5.91 Å². The molecule has 0 N–H and O–H groups in total. The zero-order chi connectivity index (χ0) is 17.0. The maximum absolute atomic E-state index is 12.4. The molecular weight excluding hydrogens is 296 g/mol. The maximum Gasteiger partial charge on any atom is 0.417 e. The molecule has 1 aromatic heterocycles. The first-order valence-corrected chi connectivity index (χ1v) is 7.56. The minimum atomic E-state index is -0.636. The number of amides is 2. The largest absolute Gasteiger partial charge is 0.481 e. The molecule has 1 aliphatic rings. The summed E-state index contributed by atoms with van der Waals surface area (Å²) in [5.74, 6) is 0.0925. The van der Waals surface area contributed by atoms with Crippen molar-refractivity contribution in [1.82, 2.24) is 9.88 Å². The van der Waals surface area contributed by atoms with Crippen molar-refractivity contribution in [3.63, 3.8) is 0 Å². The smallest absolute Gasteiger partial charge is 0.417 e. The molecule has 1 aromatic rings. The fourth-order valence-corrected chi connectivity index (χ4v) is 2.35. The number of ether oxygens (including phenoxy) is 2. The molecule has 0 saturated heterocycles. The number of rotatable bonds is 2. The number of pyridine rings is 1. The highest BCUT2D eigenvalue weighted by Crippen LogP contribution is 2.29. The molecule has 0 aliphatic carbocycles. The Bertz CT molecular complexity index is 632. The van der Waals surface area contributed by atoms with Gasteiger partial charge in [-0.25, -0.2) is 14.7 Å². The van der Waals surface area contributed by atoms with Crippen LogP contribution >= 0.6 is 0 Å². The van der Waals surface area contributed by atoms with Gasteiger partial charge >= 0.3 is 6.09 Å². The van der Waals surface area contributed by atoms with Crippen LogP contribution in [0.15, 0.2) is 24.4 Å². The maximum atomic E-state index is 12.4. The lowest BCUT2D eigenvalue weighted by molar-refractivity contribution is -0.125. The average Bonchev–Trinajstić information content (AvgIpc) is 2.67. The molecule has 6 heteroatoms. The van der Waals surface area contributed by atoms with Crippen molar-refractivity contribution >= 4 is 17.6 Å². The molecule has 0 spiro atoms. The molecule has 6 nitrogen and oxygen atoms in total. The highest BCUT2D eigenvalue weighted by atomic mass is 16.6. The molecule has 0 unspecified atom stereocenters. The van der Waals surface area contributed by atoms with Gasteiger partial charge in [-0.3, -0.25) is 4.79 Å². The SMILES string of the molecule is COc1ncccc1C1=CC(=O)N(C(=O)OC(C)(C)C)CCC1. The molecule has 0 saturated carbocycles. The third-order valence-electron chi connectivity index (χ3n) is 3.32. The van der Waals surface area contributed by atoms with E-state index in [0.717, 1.165) is 16.0 Å². The van der Waals surface area contributed by atoms with Crippen LogP contribution in [0.25, 0.3) is 5.57 Å². The fraction of sp³-hybridized carbons (Fsp3) is 0.471. The Morgan fingerprint density at radius 3 is 2.74 bits per heavy atom. The minimum absolute atomic E-state index is 0.330. The summed E-state index contributed by atoms with van der Waals surface area (Å²) in [6.07, 6.45) is 3.81. The van der Waals surface area contributed by atoms with Crippen LogP contribution in [0, 0.1) is 0 Å². The lowest BCUT2D eigenvalue weighted by Crippen LogP contribution is -2.40. The number of methoxy groups -OCH3 is 1. The van der Waals surface area contributed by atoms with E-state index in [9.17, 15) is 9.59 Å². The van der Waals surface area contributed by atoms with Gasteiger partial charge in [0.05, 0.1) is 7.11 Å². The van der Waals surface area contributed by atoms with Crippen molar-refractivity contribution in [2.45, 2.75) is 39.2 Å². The summed E-state index contributed by atoms with van der Waals surface area (Å²) >= 11 is 0. The van der Waals surface area contributed by atoms with E-state index in [1.165, 1.54) is 13.2 Å². The molecule has 1 aliphatic heterocycles. The molecule has 2 amide bonds. The Balaban J connectivity index is 2.25. The number of nitrogens with zero attached hydrogens (tertiary/aromatic N) is 2. The molecule has 0 atom stereocenters. The van der Waals surface area contributed by atoms with Crippen molar-refractivity contribution in [1.29, 1.82) is 0 Å². The van der Waals surface area contributed by atoms with Crippen molar-refractivity contribution in [2.75, 3.05) is 13.7 Å². The fourth-order valence-electron chi connectivity index (χ4n) is 2.35. The Hall–Kier alpha value is -2.37. The second-order valence-corrected chi connectivity index (χ2v) is 6.30. The van der Waals surface area contributed by atoms with Gasteiger partial charge in [-0.2, -0.15) is 0 Å². The summed E-state index contributed by atoms with van der Waals surface area (Å²) in [6.45, 7) is 5.65. The normalized spacial score (nSPS) is 15.7. The zero-order valence-corrected chi connectivity index (χ0v) is 14.0. The summed E-state index contributed by atoms with van der Waals surface area (Å²) < 4.78 is 10.5. The van der Waals surface area contributed by atoms with Gasteiger partial charge in [0, 0.05) is 24.4 Å². The van der Waals surface area contributed by atoms with E-state index in [1.54, 1.807) is 33.0 Å². The van der Waals surface area contributed by atoms with E-state index in [-0.39, 0.29) is 5.91 Å². The molecule has 0 fully saturated rings. The van der Waals surface area contributed by atoms with Gasteiger partial charge in [0.1, 0.15) is 5.60 Å².